The van der Waals surface area contributed by atoms with Crippen molar-refractivity contribution >= 4 is 64.1 Å². The smallest absolute Gasteiger partial charge is 0.323 e. The van der Waals surface area contributed by atoms with Crippen molar-refractivity contribution in [2.45, 2.75) is 25.3 Å². The third-order valence-electron chi connectivity index (χ3n) is 6.30. The number of primary amides is 2. The number of methoxy groups -OCH3 is 2. The third-order valence-corrected chi connectivity index (χ3v) is 6.86. The molecule has 8 N–H and O–H groups in total. The number of carbonyl (C=O) groups excluding carboxylic acids is 2. The van der Waals surface area contributed by atoms with E-state index in [1.165, 1.54) is 14.2 Å². The molecule has 1 heterocycles. The molecule has 0 aliphatic carbocycles. The van der Waals surface area contributed by atoms with Crippen LogP contribution >= 0.6 is 35.6 Å². The summed E-state index contributed by atoms with van der Waals surface area (Å²) >= 11 is 13.0. The van der Waals surface area contributed by atoms with Gasteiger partial charge >= 0.3 is 5.69 Å². The number of imidazole rings is 1. The molecule has 2 amide bonds. The molecular formula is C28H31Cl3N6O7. The normalized spacial score (nSPS) is 12.1. The molecule has 0 radical (unpaired) electrons. The van der Waals surface area contributed by atoms with Crippen molar-refractivity contribution in [1.29, 1.82) is 0 Å². The molecule has 236 valence electrons. The van der Waals surface area contributed by atoms with Gasteiger partial charge in [0, 0.05) is 18.8 Å². The number of ether oxygens (including phenoxy) is 4. The fourth-order valence-corrected chi connectivity index (χ4v) is 4.88. The van der Waals surface area contributed by atoms with Gasteiger partial charge in [0.15, 0.2) is 23.0 Å². The number of fused-ring (bicyclic) bond motifs is 1. The maximum absolute atomic E-state index is 12.6. The van der Waals surface area contributed by atoms with E-state index in [0.717, 1.165) is 11.3 Å². The summed E-state index contributed by atoms with van der Waals surface area (Å²) in [6.07, 6.45) is -3.46. The molecule has 0 saturated carbocycles. The zero-order chi connectivity index (χ0) is 31.3. The summed E-state index contributed by atoms with van der Waals surface area (Å²) in [4.78, 5) is 42.0. The highest BCUT2D eigenvalue weighted by Crippen LogP contribution is 2.40. The van der Waals surface area contributed by atoms with Gasteiger partial charge in [0.1, 0.15) is 0 Å². The van der Waals surface area contributed by atoms with Crippen LogP contribution < -0.4 is 46.7 Å². The number of aromatic nitrogens is 2. The monoisotopic (exact) mass is 668 g/mol. The predicted molar refractivity (Wildman–Crippen MR) is 169 cm³/mol. The van der Waals surface area contributed by atoms with Gasteiger partial charge in [0.05, 0.1) is 35.3 Å². The molecule has 2 atom stereocenters. The minimum Gasteiger partial charge on any atom is -0.493 e. The van der Waals surface area contributed by atoms with Crippen molar-refractivity contribution in [3.8, 4) is 23.0 Å². The molecule has 3 aromatic carbocycles. The summed E-state index contributed by atoms with van der Waals surface area (Å²) in [6, 6.07) is 11.8. The highest BCUT2D eigenvalue weighted by molar-refractivity contribution is 6.32. The minimum absolute atomic E-state index is 0. The molecule has 0 aliphatic heterocycles. The van der Waals surface area contributed by atoms with E-state index in [2.05, 4.69) is 20.6 Å². The van der Waals surface area contributed by atoms with E-state index in [1.54, 1.807) is 49.5 Å². The van der Waals surface area contributed by atoms with E-state index < -0.39 is 24.0 Å². The first kappa shape index (κ1) is 34.2. The molecule has 0 bridgehead atoms. The largest absolute Gasteiger partial charge is 0.493 e. The van der Waals surface area contributed by atoms with E-state index in [-0.39, 0.29) is 51.1 Å². The number of anilines is 1. The number of nitrogens with two attached hydrogens (primary N) is 2. The molecule has 44 heavy (non-hydrogen) atoms. The predicted octanol–water partition coefficient (Wildman–Crippen LogP) is 3.10. The van der Waals surface area contributed by atoms with Crippen LogP contribution in [0.25, 0.3) is 11.0 Å². The van der Waals surface area contributed by atoms with Gasteiger partial charge in [0.25, 0.3) is 11.8 Å². The molecule has 0 spiro atoms. The van der Waals surface area contributed by atoms with Crippen LogP contribution in [-0.2, 0) is 22.7 Å². The highest BCUT2D eigenvalue weighted by Gasteiger charge is 2.38. The molecular weight excluding hydrogens is 639 g/mol. The fourth-order valence-electron chi connectivity index (χ4n) is 4.32. The van der Waals surface area contributed by atoms with Gasteiger partial charge in [-0.2, -0.15) is 0 Å². The zero-order valence-corrected chi connectivity index (χ0v) is 26.1. The van der Waals surface area contributed by atoms with Crippen LogP contribution in [0.1, 0.15) is 11.1 Å². The number of H-pyrrole nitrogens is 2. The summed E-state index contributed by atoms with van der Waals surface area (Å²) in [6.45, 7) is 0.792. The van der Waals surface area contributed by atoms with Gasteiger partial charge in [-0.1, -0.05) is 23.2 Å². The first-order valence-corrected chi connectivity index (χ1v) is 13.6. The zero-order valence-electron chi connectivity index (χ0n) is 23.8. The van der Waals surface area contributed by atoms with Crippen LogP contribution in [-0.4, -0.2) is 55.3 Å². The Kier molecular flexibility index (Phi) is 11.6. The number of aromatic amines is 2. The van der Waals surface area contributed by atoms with Gasteiger partial charge in [0.2, 0.25) is 12.2 Å². The Morgan fingerprint density at radius 3 is 1.80 bits per heavy atom. The SMILES string of the molecule is CNCc1cc(Cl)c(OC(C(N)=O)C(Oc2c(Cl)cc(CNc3ccc4[nH]c(=O)[nH]c4c3)cc2OC)C(N)=O)c(OC)c1.Cl. The Bertz CT molecular complexity index is 1710. The Morgan fingerprint density at radius 1 is 0.818 bits per heavy atom. The number of nitrogens with one attached hydrogen (secondary N) is 4. The lowest BCUT2D eigenvalue weighted by Gasteiger charge is -2.26. The molecule has 13 nitrogen and oxygen atoms in total. The van der Waals surface area contributed by atoms with E-state index in [4.69, 9.17) is 53.6 Å². The van der Waals surface area contributed by atoms with E-state index in [1.807, 2.05) is 0 Å². The average molecular weight is 670 g/mol. The number of hydrogen-bond acceptors (Lipinski definition) is 9. The van der Waals surface area contributed by atoms with Crippen molar-refractivity contribution < 1.29 is 28.5 Å². The quantitative estimate of drug-likeness (QED) is 0.117. The van der Waals surface area contributed by atoms with Crippen LogP contribution in [0.5, 0.6) is 23.0 Å². The van der Waals surface area contributed by atoms with Crippen molar-refractivity contribution in [2.75, 3.05) is 26.6 Å². The fraction of sp³-hybridized carbons (Fsp3) is 0.250. The van der Waals surface area contributed by atoms with Crippen LogP contribution in [0.4, 0.5) is 5.69 Å². The van der Waals surface area contributed by atoms with Gasteiger partial charge in [-0.3, -0.25) is 9.59 Å². The molecule has 0 fully saturated rings. The molecule has 0 saturated heterocycles. The standard InChI is InChI=1S/C28H30Cl2N6O7.ClH/c1-33-11-13-6-16(29)22(20(8-13)40-2)42-24(26(31)37)25(27(32)38)43-23-17(30)7-14(9-21(23)41-3)12-34-15-4-5-18-19(10-15)36-28(39)35-18;/h4-10,24-25,33-34H,11-12H2,1-3H3,(H2,31,37)(H2,32,38)(H2,35,36,39);1H. The summed E-state index contributed by atoms with van der Waals surface area (Å²) in [5.41, 5.74) is 14.5. The van der Waals surface area contributed by atoms with E-state index >= 15 is 0 Å². The molecule has 2 unspecified atom stereocenters. The Hall–Kier alpha value is -4.30. The maximum Gasteiger partial charge on any atom is 0.323 e. The number of halogens is 3. The van der Waals surface area contributed by atoms with Crippen molar-refractivity contribution in [3.05, 3.63) is 74.1 Å². The van der Waals surface area contributed by atoms with Crippen molar-refractivity contribution in [2.24, 2.45) is 11.5 Å². The van der Waals surface area contributed by atoms with Gasteiger partial charge in [-0.05, 0) is 60.6 Å². The maximum atomic E-state index is 12.6. The summed E-state index contributed by atoms with van der Waals surface area (Å²) in [7, 11) is 4.53. The first-order valence-electron chi connectivity index (χ1n) is 12.8. The average Bonchev–Trinajstić information content (AvgIpc) is 3.34. The topological polar surface area (TPSA) is 196 Å². The molecule has 16 heteroatoms. The van der Waals surface area contributed by atoms with Crippen LogP contribution in [0.3, 0.4) is 0 Å². The van der Waals surface area contributed by atoms with Gasteiger partial charge < -0.3 is 51.0 Å². The summed E-state index contributed by atoms with van der Waals surface area (Å²) in [5, 5.41) is 6.39. The second-order valence-corrected chi connectivity index (χ2v) is 10.1. The van der Waals surface area contributed by atoms with Crippen molar-refractivity contribution in [3.63, 3.8) is 0 Å². The summed E-state index contributed by atoms with van der Waals surface area (Å²) in [5.74, 6) is -1.88. The lowest BCUT2D eigenvalue weighted by atomic mass is 10.1. The van der Waals surface area contributed by atoms with Crippen molar-refractivity contribution in [1.82, 2.24) is 15.3 Å². The Balaban J connectivity index is 0.00000529. The molecule has 0 aliphatic rings. The van der Waals surface area contributed by atoms with Crippen LogP contribution in [0.2, 0.25) is 10.0 Å². The lowest BCUT2D eigenvalue weighted by Crippen LogP contribution is -2.52. The van der Waals surface area contributed by atoms with Crippen LogP contribution in [0.15, 0.2) is 47.3 Å². The summed E-state index contributed by atoms with van der Waals surface area (Å²) < 4.78 is 22.5. The molecule has 4 rings (SSSR count). The van der Waals surface area contributed by atoms with Gasteiger partial charge in [-0.25, -0.2) is 4.79 Å². The second kappa shape index (κ2) is 14.9. The number of carbonyl (C=O) groups is 2. The first-order chi connectivity index (χ1) is 20.5. The van der Waals surface area contributed by atoms with Crippen LogP contribution in [0, 0.1) is 0 Å². The van der Waals surface area contributed by atoms with Gasteiger partial charge in [-0.15, -0.1) is 12.4 Å². The van der Waals surface area contributed by atoms with E-state index in [0.29, 0.717) is 29.7 Å². The number of amides is 2. The molecule has 4 aromatic rings. The Labute approximate surface area is 267 Å². The highest BCUT2D eigenvalue weighted by atomic mass is 35.5. The second-order valence-electron chi connectivity index (χ2n) is 9.32. The Morgan fingerprint density at radius 2 is 1.32 bits per heavy atom. The number of rotatable bonds is 14. The minimum atomic E-state index is -1.74. The van der Waals surface area contributed by atoms with E-state index in [9.17, 15) is 14.4 Å². The third kappa shape index (κ3) is 7.80. The molecule has 1 aromatic heterocycles. The lowest BCUT2D eigenvalue weighted by molar-refractivity contribution is -0.138. The number of hydrogen-bond donors (Lipinski definition) is 6. The number of benzene rings is 3.